The predicted octanol–water partition coefficient (Wildman–Crippen LogP) is 2.38. The molecule has 1 aromatic carbocycles. The fourth-order valence-corrected chi connectivity index (χ4v) is 2.32. The van der Waals surface area contributed by atoms with Gasteiger partial charge in [0, 0.05) is 33.8 Å². The van der Waals surface area contributed by atoms with E-state index in [1.165, 1.54) is 12.1 Å². The average molecular weight is 374 g/mol. The van der Waals surface area contributed by atoms with Crippen molar-refractivity contribution in [3.63, 3.8) is 0 Å². The predicted molar refractivity (Wildman–Crippen MR) is 98.5 cm³/mol. The van der Waals surface area contributed by atoms with E-state index in [4.69, 9.17) is 4.74 Å². The topological polar surface area (TPSA) is 48.9 Å². The van der Waals surface area contributed by atoms with Crippen molar-refractivity contribution < 1.29 is 17.9 Å². The number of hydrogen-bond acceptors (Lipinski definition) is 3. The van der Waals surface area contributed by atoms with Crippen LogP contribution in [0.4, 0.5) is 13.2 Å². The number of nitrogens with zero attached hydrogens (tertiary/aromatic N) is 2. The Morgan fingerprint density at radius 3 is 2.35 bits per heavy atom. The summed E-state index contributed by atoms with van der Waals surface area (Å²) < 4.78 is 42.6. The Labute approximate surface area is 153 Å². The van der Waals surface area contributed by atoms with Gasteiger partial charge in [-0.15, -0.1) is 0 Å². The van der Waals surface area contributed by atoms with E-state index >= 15 is 0 Å². The van der Waals surface area contributed by atoms with Gasteiger partial charge in [-0.3, -0.25) is 4.99 Å². The normalized spacial score (nSPS) is 12.5. The van der Waals surface area contributed by atoms with E-state index in [1.807, 2.05) is 0 Å². The highest BCUT2D eigenvalue weighted by Crippen LogP contribution is 2.29. The Morgan fingerprint density at radius 1 is 1.12 bits per heavy atom. The summed E-state index contributed by atoms with van der Waals surface area (Å²) in [7, 11) is 5.43. The van der Waals surface area contributed by atoms with Gasteiger partial charge in [-0.25, -0.2) is 0 Å². The maximum atomic E-state index is 12.5. The van der Waals surface area contributed by atoms with E-state index in [0.29, 0.717) is 18.9 Å². The molecule has 0 heterocycles. The zero-order chi connectivity index (χ0) is 19.4. The zero-order valence-corrected chi connectivity index (χ0v) is 15.7. The molecule has 0 radical (unpaired) electrons. The molecule has 1 aromatic rings. The first-order chi connectivity index (χ1) is 12.4. The average Bonchev–Trinajstić information content (AvgIpc) is 2.61. The molecule has 0 aliphatic rings. The number of hydrogen-bond donors (Lipinski definition) is 2. The molecule has 0 saturated heterocycles. The van der Waals surface area contributed by atoms with E-state index in [-0.39, 0.29) is 0 Å². The van der Waals surface area contributed by atoms with Crippen molar-refractivity contribution in [2.45, 2.75) is 19.0 Å². The summed E-state index contributed by atoms with van der Waals surface area (Å²) in [6.07, 6.45) is -2.70. The summed E-state index contributed by atoms with van der Waals surface area (Å²) in [5.41, 5.74) is 0.225. The first-order valence-electron chi connectivity index (χ1n) is 8.65. The van der Waals surface area contributed by atoms with Crippen LogP contribution in [0, 0.1) is 0 Å². The number of guanidine groups is 1. The van der Waals surface area contributed by atoms with E-state index < -0.39 is 11.7 Å². The number of aliphatic imine (C=N–C) groups is 1. The molecule has 0 fully saturated rings. The Bertz CT molecular complexity index is 532. The number of ether oxygens (including phenoxy) is 1. The van der Waals surface area contributed by atoms with Gasteiger partial charge in [-0.1, -0.05) is 12.1 Å². The third kappa shape index (κ3) is 9.05. The lowest BCUT2D eigenvalue weighted by atomic mass is 10.1. The van der Waals surface area contributed by atoms with Crippen molar-refractivity contribution in [3.05, 3.63) is 35.4 Å². The third-order valence-corrected chi connectivity index (χ3v) is 3.90. The smallest absolute Gasteiger partial charge is 0.383 e. The molecule has 5 nitrogen and oxygen atoms in total. The molecule has 0 atom stereocenters. The Balaban J connectivity index is 2.24. The third-order valence-electron chi connectivity index (χ3n) is 3.90. The van der Waals surface area contributed by atoms with Gasteiger partial charge >= 0.3 is 6.18 Å². The van der Waals surface area contributed by atoms with Gasteiger partial charge in [0.05, 0.1) is 12.2 Å². The van der Waals surface area contributed by atoms with Crippen molar-refractivity contribution in [3.8, 4) is 0 Å². The second-order valence-corrected chi connectivity index (χ2v) is 6.02. The lowest BCUT2D eigenvalue weighted by Gasteiger charge is -2.17. The molecule has 0 spiro atoms. The van der Waals surface area contributed by atoms with E-state index in [0.717, 1.165) is 50.4 Å². The molecule has 8 heteroatoms. The van der Waals surface area contributed by atoms with Crippen molar-refractivity contribution >= 4 is 5.96 Å². The molecule has 0 saturated carbocycles. The SMILES string of the molecule is CN=C(NCCCN(C)CCOC)NCCc1ccc(C(F)(F)F)cc1. The number of methoxy groups -OCH3 is 1. The van der Waals surface area contributed by atoms with Crippen LogP contribution < -0.4 is 10.6 Å². The van der Waals surface area contributed by atoms with Crippen LogP contribution in [0.3, 0.4) is 0 Å². The van der Waals surface area contributed by atoms with E-state index in [2.05, 4.69) is 27.6 Å². The van der Waals surface area contributed by atoms with Gasteiger partial charge in [0.1, 0.15) is 0 Å². The number of likely N-dealkylation sites (N-methyl/N-ethyl adjacent to an activating group) is 1. The number of halogens is 3. The number of nitrogens with one attached hydrogen (secondary N) is 2. The first-order valence-corrected chi connectivity index (χ1v) is 8.65. The molecule has 0 bridgehead atoms. The molecule has 0 unspecified atom stereocenters. The lowest BCUT2D eigenvalue weighted by Crippen LogP contribution is -2.39. The van der Waals surface area contributed by atoms with Crippen LogP contribution in [0.15, 0.2) is 29.3 Å². The molecular weight excluding hydrogens is 345 g/mol. The van der Waals surface area contributed by atoms with Gasteiger partial charge in [0.25, 0.3) is 0 Å². The summed E-state index contributed by atoms with van der Waals surface area (Å²) in [5, 5.41) is 6.40. The highest BCUT2D eigenvalue weighted by molar-refractivity contribution is 5.79. The Morgan fingerprint density at radius 2 is 1.77 bits per heavy atom. The highest BCUT2D eigenvalue weighted by atomic mass is 19.4. The van der Waals surface area contributed by atoms with Crippen LogP contribution in [0.25, 0.3) is 0 Å². The molecule has 1 rings (SSSR count). The largest absolute Gasteiger partial charge is 0.416 e. The van der Waals surface area contributed by atoms with Gasteiger partial charge in [-0.05, 0) is 44.1 Å². The van der Waals surface area contributed by atoms with E-state index in [9.17, 15) is 13.2 Å². The summed E-state index contributed by atoms with van der Waals surface area (Å²) in [4.78, 5) is 6.34. The number of rotatable bonds is 10. The second-order valence-electron chi connectivity index (χ2n) is 6.02. The van der Waals surface area contributed by atoms with Crippen molar-refractivity contribution in [1.82, 2.24) is 15.5 Å². The summed E-state index contributed by atoms with van der Waals surface area (Å²) in [6.45, 7) is 3.96. The number of alkyl halides is 3. The molecule has 148 valence electrons. The summed E-state index contributed by atoms with van der Waals surface area (Å²) >= 11 is 0. The van der Waals surface area contributed by atoms with Crippen LogP contribution in [0.2, 0.25) is 0 Å². The minimum Gasteiger partial charge on any atom is -0.383 e. The second kappa shape index (κ2) is 11.7. The summed E-state index contributed by atoms with van der Waals surface area (Å²) in [6, 6.07) is 5.25. The summed E-state index contributed by atoms with van der Waals surface area (Å²) in [5.74, 6) is 0.691. The monoisotopic (exact) mass is 374 g/mol. The maximum absolute atomic E-state index is 12.5. The standard InChI is InChI=1S/C18H29F3N4O/c1-22-17(23-10-4-12-25(2)13-14-26-3)24-11-9-15-5-7-16(8-6-15)18(19,20)21/h5-8H,4,9-14H2,1-3H3,(H2,22,23,24). The van der Waals surface area contributed by atoms with Crippen molar-refractivity contribution in [2.24, 2.45) is 4.99 Å². The van der Waals surface area contributed by atoms with Crippen LogP contribution in [0.5, 0.6) is 0 Å². The van der Waals surface area contributed by atoms with E-state index in [1.54, 1.807) is 14.2 Å². The fourth-order valence-electron chi connectivity index (χ4n) is 2.32. The molecule has 0 aliphatic heterocycles. The van der Waals surface area contributed by atoms with Gasteiger partial charge < -0.3 is 20.3 Å². The maximum Gasteiger partial charge on any atom is 0.416 e. The first kappa shape index (κ1) is 22.2. The van der Waals surface area contributed by atoms with Crippen LogP contribution in [-0.4, -0.2) is 64.9 Å². The van der Waals surface area contributed by atoms with Gasteiger partial charge in [0.2, 0.25) is 0 Å². The Hall–Kier alpha value is -1.80. The van der Waals surface area contributed by atoms with Crippen molar-refractivity contribution in [1.29, 1.82) is 0 Å². The van der Waals surface area contributed by atoms with Crippen LogP contribution in [0.1, 0.15) is 17.5 Å². The zero-order valence-electron chi connectivity index (χ0n) is 15.7. The van der Waals surface area contributed by atoms with Gasteiger partial charge in [-0.2, -0.15) is 13.2 Å². The number of benzene rings is 1. The molecule has 26 heavy (non-hydrogen) atoms. The molecule has 0 aliphatic carbocycles. The lowest BCUT2D eigenvalue weighted by molar-refractivity contribution is -0.137. The minimum absolute atomic E-state index is 0.596. The molecule has 2 N–H and O–H groups in total. The molecule has 0 amide bonds. The van der Waals surface area contributed by atoms with Gasteiger partial charge in [0.15, 0.2) is 5.96 Å². The quantitative estimate of drug-likeness (QED) is 0.375. The van der Waals surface area contributed by atoms with Crippen LogP contribution >= 0.6 is 0 Å². The Kier molecular flexibility index (Phi) is 10.0. The fraction of sp³-hybridized carbons (Fsp3) is 0.611. The van der Waals surface area contributed by atoms with Crippen LogP contribution in [-0.2, 0) is 17.3 Å². The molecule has 0 aromatic heterocycles. The minimum atomic E-state index is -4.29. The molecular formula is C18H29F3N4O. The highest BCUT2D eigenvalue weighted by Gasteiger charge is 2.29. The van der Waals surface area contributed by atoms with Crippen molar-refractivity contribution in [2.75, 3.05) is 54.0 Å².